The van der Waals surface area contributed by atoms with Crippen LogP contribution in [0.1, 0.15) is 0 Å². The normalized spacial score (nSPS) is 15.8. The van der Waals surface area contributed by atoms with E-state index in [-0.39, 0.29) is 0 Å². The lowest BCUT2D eigenvalue weighted by Crippen LogP contribution is -2.30. The zero-order chi connectivity index (χ0) is 13.8. The van der Waals surface area contributed by atoms with Gasteiger partial charge >= 0.3 is 0 Å². The summed E-state index contributed by atoms with van der Waals surface area (Å²) in [6.45, 7) is 2.89. The van der Waals surface area contributed by atoms with E-state index in [1.54, 1.807) is 0 Å². The van der Waals surface area contributed by atoms with E-state index in [4.69, 9.17) is 0 Å². The third-order valence-corrected chi connectivity index (χ3v) is 3.91. The van der Waals surface area contributed by atoms with E-state index >= 15 is 0 Å². The minimum Gasteiger partial charge on any atom is -0.365 e. The van der Waals surface area contributed by atoms with Crippen LogP contribution in [0, 0.1) is 0 Å². The summed E-state index contributed by atoms with van der Waals surface area (Å²) in [5, 5.41) is 0. The number of hydrogen-bond acceptors (Lipinski definition) is 2. The van der Waals surface area contributed by atoms with Crippen molar-refractivity contribution < 1.29 is 0 Å². The SMILES string of the molecule is BrC1=CN(c2ccccc2)CCN(c2ccccc2)C1. The van der Waals surface area contributed by atoms with Crippen molar-refractivity contribution in [2.75, 3.05) is 29.4 Å². The monoisotopic (exact) mass is 328 g/mol. The van der Waals surface area contributed by atoms with Gasteiger partial charge in [0.2, 0.25) is 0 Å². The van der Waals surface area contributed by atoms with Gasteiger partial charge < -0.3 is 9.80 Å². The minimum absolute atomic E-state index is 0.910. The van der Waals surface area contributed by atoms with E-state index < -0.39 is 0 Å². The maximum Gasteiger partial charge on any atom is 0.0510 e. The molecule has 0 saturated carbocycles. The molecule has 0 atom stereocenters. The highest BCUT2D eigenvalue weighted by Gasteiger charge is 2.15. The van der Waals surface area contributed by atoms with Gasteiger partial charge in [0.1, 0.15) is 0 Å². The summed E-state index contributed by atoms with van der Waals surface area (Å²) >= 11 is 3.69. The number of benzene rings is 2. The van der Waals surface area contributed by atoms with Crippen LogP contribution in [0.5, 0.6) is 0 Å². The second-order valence-corrected chi connectivity index (χ2v) is 5.88. The van der Waals surface area contributed by atoms with Crippen LogP contribution in [-0.2, 0) is 0 Å². The lowest BCUT2D eigenvalue weighted by atomic mass is 10.3. The van der Waals surface area contributed by atoms with Crippen LogP contribution in [0.3, 0.4) is 0 Å². The molecule has 1 aliphatic rings. The van der Waals surface area contributed by atoms with Gasteiger partial charge in [0, 0.05) is 35.1 Å². The van der Waals surface area contributed by atoms with Gasteiger partial charge in [-0.1, -0.05) is 52.3 Å². The fourth-order valence-corrected chi connectivity index (χ4v) is 3.00. The van der Waals surface area contributed by atoms with Crippen LogP contribution in [0.15, 0.2) is 71.3 Å². The van der Waals surface area contributed by atoms with Gasteiger partial charge in [-0.25, -0.2) is 0 Å². The molecule has 1 heterocycles. The van der Waals surface area contributed by atoms with Crippen LogP contribution < -0.4 is 9.80 Å². The predicted octanol–water partition coefficient (Wildman–Crippen LogP) is 4.25. The molecule has 0 spiro atoms. The average Bonchev–Trinajstić information content (AvgIpc) is 2.71. The maximum absolute atomic E-state index is 3.69. The molecule has 20 heavy (non-hydrogen) atoms. The first-order valence-corrected chi connectivity index (χ1v) is 7.60. The molecule has 0 unspecified atom stereocenters. The molecule has 2 aromatic carbocycles. The first-order valence-electron chi connectivity index (χ1n) is 6.81. The first kappa shape index (κ1) is 13.3. The Morgan fingerprint density at radius 1 is 0.750 bits per heavy atom. The molecule has 3 heteroatoms. The van der Waals surface area contributed by atoms with E-state index in [2.05, 4.69) is 92.6 Å². The number of hydrogen-bond donors (Lipinski definition) is 0. The average molecular weight is 329 g/mol. The predicted molar refractivity (Wildman–Crippen MR) is 89.5 cm³/mol. The number of halogens is 1. The molecule has 0 N–H and O–H groups in total. The Labute approximate surface area is 128 Å². The molecule has 0 radical (unpaired) electrons. The molecule has 0 amide bonds. The number of nitrogens with zero attached hydrogens (tertiary/aromatic N) is 2. The van der Waals surface area contributed by atoms with E-state index in [1.165, 1.54) is 15.9 Å². The second-order valence-electron chi connectivity index (χ2n) is 4.86. The quantitative estimate of drug-likeness (QED) is 0.813. The second kappa shape index (κ2) is 6.14. The summed E-state index contributed by atoms with van der Waals surface area (Å²) in [4.78, 5) is 4.69. The van der Waals surface area contributed by atoms with Gasteiger partial charge in [-0.2, -0.15) is 0 Å². The Balaban J connectivity index is 1.80. The number of para-hydroxylation sites is 2. The smallest absolute Gasteiger partial charge is 0.0510 e. The molecule has 0 bridgehead atoms. The summed E-state index contributed by atoms with van der Waals surface area (Å²) in [6.07, 6.45) is 2.19. The van der Waals surface area contributed by atoms with Crippen molar-refractivity contribution in [3.63, 3.8) is 0 Å². The van der Waals surface area contributed by atoms with Gasteiger partial charge in [0.15, 0.2) is 0 Å². The van der Waals surface area contributed by atoms with Crippen LogP contribution in [0.25, 0.3) is 0 Å². The van der Waals surface area contributed by atoms with Crippen LogP contribution in [-0.4, -0.2) is 19.6 Å². The van der Waals surface area contributed by atoms with Crippen molar-refractivity contribution in [1.29, 1.82) is 0 Å². The molecule has 0 aliphatic carbocycles. The van der Waals surface area contributed by atoms with Crippen molar-refractivity contribution >= 4 is 27.3 Å². The summed E-state index contributed by atoms with van der Waals surface area (Å²) in [5.41, 5.74) is 2.51. The third kappa shape index (κ3) is 3.05. The largest absolute Gasteiger partial charge is 0.365 e. The fraction of sp³-hybridized carbons (Fsp3) is 0.176. The summed E-state index contributed by atoms with van der Waals surface area (Å²) in [7, 11) is 0. The lowest BCUT2D eigenvalue weighted by molar-refractivity contribution is 0.844. The van der Waals surface area contributed by atoms with Crippen LogP contribution in [0.2, 0.25) is 0 Å². The highest BCUT2D eigenvalue weighted by atomic mass is 79.9. The maximum atomic E-state index is 3.69. The zero-order valence-electron chi connectivity index (χ0n) is 11.2. The highest BCUT2D eigenvalue weighted by Crippen LogP contribution is 2.23. The molecule has 1 aliphatic heterocycles. The Morgan fingerprint density at radius 3 is 2.00 bits per heavy atom. The van der Waals surface area contributed by atoms with E-state index in [9.17, 15) is 0 Å². The zero-order valence-corrected chi connectivity index (χ0v) is 12.8. The lowest BCUT2D eigenvalue weighted by Gasteiger charge is -2.24. The number of anilines is 2. The third-order valence-electron chi connectivity index (χ3n) is 3.46. The van der Waals surface area contributed by atoms with Gasteiger partial charge in [0.05, 0.1) is 6.54 Å². The first-order chi connectivity index (χ1) is 9.83. The number of rotatable bonds is 2. The van der Waals surface area contributed by atoms with E-state index in [0.29, 0.717) is 0 Å². The topological polar surface area (TPSA) is 6.48 Å². The van der Waals surface area contributed by atoms with Crippen molar-refractivity contribution in [2.24, 2.45) is 0 Å². The molecule has 2 aromatic rings. The molecular weight excluding hydrogens is 312 g/mol. The molecule has 0 fully saturated rings. The molecule has 0 aromatic heterocycles. The summed E-state index contributed by atoms with van der Waals surface area (Å²) in [5.74, 6) is 0. The molecular formula is C17H17BrN2. The Hall–Kier alpha value is -1.74. The molecule has 3 rings (SSSR count). The van der Waals surface area contributed by atoms with E-state index in [1.807, 2.05) is 0 Å². The highest BCUT2D eigenvalue weighted by molar-refractivity contribution is 9.11. The van der Waals surface area contributed by atoms with Gasteiger partial charge in [-0.15, -0.1) is 0 Å². The van der Waals surface area contributed by atoms with Crippen molar-refractivity contribution in [3.05, 3.63) is 71.3 Å². The Bertz CT molecular complexity index is 580. The Kier molecular flexibility index (Phi) is 4.07. The van der Waals surface area contributed by atoms with Gasteiger partial charge in [-0.3, -0.25) is 0 Å². The fourth-order valence-electron chi connectivity index (χ4n) is 2.45. The van der Waals surface area contributed by atoms with Crippen LogP contribution in [0.4, 0.5) is 11.4 Å². The van der Waals surface area contributed by atoms with Crippen molar-refractivity contribution in [3.8, 4) is 0 Å². The van der Waals surface area contributed by atoms with Gasteiger partial charge in [0.25, 0.3) is 0 Å². The molecule has 0 saturated heterocycles. The van der Waals surface area contributed by atoms with E-state index in [0.717, 1.165) is 19.6 Å². The van der Waals surface area contributed by atoms with Gasteiger partial charge in [-0.05, 0) is 24.3 Å². The standard InChI is InChI=1S/C17H17BrN2/c18-15-13-19(16-7-3-1-4-8-16)11-12-20(14-15)17-9-5-2-6-10-17/h1-10,13H,11-12,14H2. The van der Waals surface area contributed by atoms with Crippen molar-refractivity contribution in [2.45, 2.75) is 0 Å². The summed E-state index contributed by atoms with van der Waals surface area (Å²) < 4.78 is 1.20. The summed E-state index contributed by atoms with van der Waals surface area (Å²) in [6, 6.07) is 21.1. The van der Waals surface area contributed by atoms with Crippen molar-refractivity contribution in [1.82, 2.24) is 0 Å². The molecule has 102 valence electrons. The van der Waals surface area contributed by atoms with Crippen LogP contribution >= 0.6 is 15.9 Å². The Morgan fingerprint density at radius 2 is 1.35 bits per heavy atom. The molecule has 2 nitrogen and oxygen atoms in total. The minimum atomic E-state index is 0.910.